The molecule has 0 saturated carbocycles. The summed E-state index contributed by atoms with van der Waals surface area (Å²) in [6.07, 6.45) is 0. The Morgan fingerprint density at radius 3 is 2.89 bits per heavy atom. The number of hydrogen-bond donors (Lipinski definition) is 2. The van der Waals surface area contributed by atoms with Crippen molar-refractivity contribution in [3.8, 4) is 5.75 Å². The average Bonchev–Trinajstić information content (AvgIpc) is 3.11. The number of aryl methyl sites for hydroxylation is 1. The Hall–Kier alpha value is -3.27. The van der Waals surface area contributed by atoms with Crippen molar-refractivity contribution >= 4 is 39.2 Å². The third-order valence-electron chi connectivity index (χ3n) is 3.50. The second-order valence-electron chi connectivity index (χ2n) is 5.71. The highest BCUT2D eigenvalue weighted by Gasteiger charge is 2.17. The summed E-state index contributed by atoms with van der Waals surface area (Å²) in [4.78, 5) is 16.2. The topological polar surface area (TPSA) is 116 Å². The van der Waals surface area contributed by atoms with Crippen molar-refractivity contribution in [2.75, 3.05) is 11.9 Å². The summed E-state index contributed by atoms with van der Waals surface area (Å²) >= 11 is 3.07. The van der Waals surface area contributed by atoms with Crippen LogP contribution < -0.4 is 15.8 Å². The third-order valence-corrected chi connectivity index (χ3v) is 4.11. The van der Waals surface area contributed by atoms with Crippen LogP contribution in [0, 0.1) is 12.7 Å². The van der Waals surface area contributed by atoms with Gasteiger partial charge >= 0.3 is 0 Å². The summed E-state index contributed by atoms with van der Waals surface area (Å²) < 4.78 is 23.6. The van der Waals surface area contributed by atoms with Crippen molar-refractivity contribution in [2.24, 2.45) is 10.7 Å². The molecule has 3 rings (SSSR count). The molecule has 0 aliphatic carbocycles. The number of aromatic nitrogens is 2. The third kappa shape index (κ3) is 4.92. The molecule has 28 heavy (non-hydrogen) atoms. The monoisotopic (exact) mass is 447 g/mol. The van der Waals surface area contributed by atoms with Gasteiger partial charge in [0, 0.05) is 0 Å². The number of hydrogen-bond acceptors (Lipinski definition) is 6. The standard InChI is InChI=1S/C18H15BrFN5O3/c1-10-3-2-4-12(7-10)27-9-15(26)23-18-16(24-28-25-18)17(21)22-11-5-6-14(20)13(19)8-11/h2-8H,9H2,1H3,(H2,21,22)(H,23,25,26). The summed E-state index contributed by atoms with van der Waals surface area (Å²) in [6.45, 7) is 1.68. The molecule has 10 heteroatoms. The van der Waals surface area contributed by atoms with Gasteiger partial charge in [0.05, 0.1) is 10.2 Å². The van der Waals surface area contributed by atoms with Gasteiger partial charge in [-0.15, -0.1) is 0 Å². The van der Waals surface area contributed by atoms with E-state index in [9.17, 15) is 9.18 Å². The van der Waals surface area contributed by atoms with Crippen LogP contribution in [0.3, 0.4) is 0 Å². The maximum absolute atomic E-state index is 13.3. The molecule has 8 nitrogen and oxygen atoms in total. The zero-order chi connectivity index (χ0) is 20.1. The molecule has 0 radical (unpaired) electrons. The van der Waals surface area contributed by atoms with E-state index >= 15 is 0 Å². The fraction of sp³-hybridized carbons (Fsp3) is 0.111. The first kappa shape index (κ1) is 19.5. The van der Waals surface area contributed by atoms with Crippen LogP contribution in [0.25, 0.3) is 0 Å². The Labute approximate surface area is 167 Å². The first-order chi connectivity index (χ1) is 13.4. The second kappa shape index (κ2) is 8.61. The number of halogens is 2. The van der Waals surface area contributed by atoms with Gasteiger partial charge in [0.1, 0.15) is 11.6 Å². The number of nitrogens with one attached hydrogen (secondary N) is 1. The lowest BCUT2D eigenvalue weighted by Crippen LogP contribution is -2.23. The fourth-order valence-electron chi connectivity index (χ4n) is 2.21. The number of nitrogens with two attached hydrogens (primary N) is 1. The van der Waals surface area contributed by atoms with E-state index in [4.69, 9.17) is 10.5 Å². The number of carbonyl (C=O) groups excluding carboxylic acids is 1. The van der Waals surface area contributed by atoms with E-state index in [1.807, 2.05) is 25.1 Å². The molecular formula is C18H15BrFN5O3. The molecule has 144 valence electrons. The number of benzene rings is 2. The van der Waals surface area contributed by atoms with E-state index in [1.54, 1.807) is 6.07 Å². The van der Waals surface area contributed by atoms with Crippen LogP contribution in [0.15, 0.2) is 56.6 Å². The zero-order valence-corrected chi connectivity index (χ0v) is 16.2. The number of rotatable bonds is 6. The zero-order valence-electron chi connectivity index (χ0n) is 14.6. The molecule has 0 spiro atoms. The summed E-state index contributed by atoms with van der Waals surface area (Å²) in [5.41, 5.74) is 7.35. The van der Waals surface area contributed by atoms with Gasteiger partial charge in [-0.3, -0.25) is 4.79 Å². The minimum atomic E-state index is -0.476. The quantitative estimate of drug-likeness (QED) is 0.442. The average molecular weight is 448 g/mol. The molecule has 3 N–H and O–H groups in total. The van der Waals surface area contributed by atoms with E-state index in [-0.39, 0.29) is 28.4 Å². The Bertz CT molecular complexity index is 1040. The second-order valence-corrected chi connectivity index (χ2v) is 6.56. The Kier molecular flexibility index (Phi) is 5.99. The minimum Gasteiger partial charge on any atom is -0.484 e. The predicted octanol–water partition coefficient (Wildman–Crippen LogP) is 3.33. The van der Waals surface area contributed by atoms with Crippen LogP contribution in [0.5, 0.6) is 5.75 Å². The molecule has 2 aromatic carbocycles. The largest absolute Gasteiger partial charge is 0.484 e. The number of amidine groups is 1. The molecule has 0 aliphatic rings. The van der Waals surface area contributed by atoms with Crippen molar-refractivity contribution in [2.45, 2.75) is 6.92 Å². The highest BCUT2D eigenvalue weighted by molar-refractivity contribution is 9.10. The van der Waals surface area contributed by atoms with Crippen LogP contribution in [0.2, 0.25) is 0 Å². The molecular weight excluding hydrogens is 433 g/mol. The molecule has 0 atom stereocenters. The molecule has 1 aromatic heterocycles. The van der Waals surface area contributed by atoms with Gasteiger partial charge in [-0.2, -0.15) is 0 Å². The van der Waals surface area contributed by atoms with Crippen molar-refractivity contribution in [3.05, 3.63) is 64.0 Å². The van der Waals surface area contributed by atoms with Gasteiger partial charge in [-0.05, 0) is 69.1 Å². The van der Waals surface area contributed by atoms with Crippen molar-refractivity contribution in [1.82, 2.24) is 10.3 Å². The van der Waals surface area contributed by atoms with Crippen molar-refractivity contribution in [1.29, 1.82) is 0 Å². The number of amides is 1. The van der Waals surface area contributed by atoms with Gasteiger partial charge in [0.25, 0.3) is 5.91 Å². The fourth-order valence-corrected chi connectivity index (χ4v) is 2.57. The number of ether oxygens (including phenoxy) is 1. The molecule has 3 aromatic rings. The van der Waals surface area contributed by atoms with Gasteiger partial charge < -0.3 is 15.8 Å². The summed E-state index contributed by atoms with van der Waals surface area (Å²) in [5.74, 6) is -0.399. The van der Waals surface area contributed by atoms with Gasteiger partial charge in [0.15, 0.2) is 18.1 Å². The van der Waals surface area contributed by atoms with Crippen LogP contribution in [-0.2, 0) is 4.79 Å². The molecule has 0 unspecified atom stereocenters. The molecule has 1 heterocycles. The Morgan fingerprint density at radius 2 is 2.14 bits per heavy atom. The van der Waals surface area contributed by atoms with Gasteiger partial charge in [0.2, 0.25) is 5.82 Å². The first-order valence-electron chi connectivity index (χ1n) is 8.04. The summed E-state index contributed by atoms with van der Waals surface area (Å²) in [5, 5.41) is 9.77. The van der Waals surface area contributed by atoms with E-state index in [0.29, 0.717) is 11.4 Å². The molecule has 0 saturated heterocycles. The minimum absolute atomic E-state index is 0.000250. The van der Waals surface area contributed by atoms with Gasteiger partial charge in [-0.25, -0.2) is 14.0 Å². The number of nitrogens with zero attached hydrogens (tertiary/aromatic N) is 3. The van der Waals surface area contributed by atoms with E-state index in [1.165, 1.54) is 18.2 Å². The maximum atomic E-state index is 13.3. The van der Waals surface area contributed by atoms with E-state index < -0.39 is 11.7 Å². The summed E-state index contributed by atoms with van der Waals surface area (Å²) in [7, 11) is 0. The Balaban J connectivity index is 1.68. The number of carbonyl (C=O) groups is 1. The lowest BCUT2D eigenvalue weighted by molar-refractivity contribution is -0.118. The smallest absolute Gasteiger partial charge is 0.263 e. The van der Waals surface area contributed by atoms with E-state index in [0.717, 1.165) is 5.56 Å². The highest BCUT2D eigenvalue weighted by Crippen LogP contribution is 2.23. The van der Waals surface area contributed by atoms with Crippen LogP contribution in [0.1, 0.15) is 11.3 Å². The normalized spacial score (nSPS) is 11.3. The molecule has 0 aliphatic heterocycles. The maximum Gasteiger partial charge on any atom is 0.263 e. The van der Waals surface area contributed by atoms with Crippen molar-refractivity contribution < 1.29 is 18.6 Å². The highest BCUT2D eigenvalue weighted by atomic mass is 79.9. The lowest BCUT2D eigenvalue weighted by atomic mass is 10.2. The van der Waals surface area contributed by atoms with Crippen LogP contribution >= 0.6 is 15.9 Å². The Morgan fingerprint density at radius 1 is 1.32 bits per heavy atom. The summed E-state index contributed by atoms with van der Waals surface area (Å²) in [6, 6.07) is 11.4. The SMILES string of the molecule is Cc1cccc(OCC(=O)Nc2nonc2C(N)=Nc2ccc(F)c(Br)c2)c1. The number of anilines is 1. The first-order valence-corrected chi connectivity index (χ1v) is 8.83. The molecule has 0 bridgehead atoms. The predicted molar refractivity (Wildman–Crippen MR) is 104 cm³/mol. The van der Waals surface area contributed by atoms with Crippen LogP contribution in [-0.4, -0.2) is 28.7 Å². The number of aliphatic imine (C=N–C) groups is 1. The lowest BCUT2D eigenvalue weighted by Gasteiger charge is -2.07. The van der Waals surface area contributed by atoms with Crippen molar-refractivity contribution in [3.63, 3.8) is 0 Å². The molecule has 1 amide bonds. The molecule has 0 fully saturated rings. The van der Waals surface area contributed by atoms with Gasteiger partial charge in [-0.1, -0.05) is 12.1 Å². The van der Waals surface area contributed by atoms with E-state index in [2.05, 4.69) is 41.2 Å². The van der Waals surface area contributed by atoms with Crippen LogP contribution in [0.4, 0.5) is 15.9 Å².